The average molecular weight is 239 g/mol. The van der Waals surface area contributed by atoms with Crippen LogP contribution in [0.3, 0.4) is 0 Å². The van der Waals surface area contributed by atoms with E-state index < -0.39 is 5.54 Å². The molecule has 0 saturated heterocycles. The molecule has 3 heteroatoms. The van der Waals surface area contributed by atoms with Gasteiger partial charge in [-0.3, -0.25) is 5.32 Å². The normalized spacial score (nSPS) is 18.8. The Morgan fingerprint density at radius 2 is 1.82 bits per heavy atom. The molecular weight excluding hydrogens is 210 g/mol. The van der Waals surface area contributed by atoms with Crippen molar-refractivity contribution in [3.05, 3.63) is 0 Å². The number of nitriles is 1. The summed E-state index contributed by atoms with van der Waals surface area (Å²) in [6.45, 7) is 13.8. The van der Waals surface area contributed by atoms with Gasteiger partial charge in [-0.2, -0.15) is 5.26 Å². The topological polar surface area (TPSA) is 39.1 Å². The lowest BCUT2D eigenvalue weighted by atomic mass is 9.93. The lowest BCUT2D eigenvalue weighted by molar-refractivity contribution is 0.136. The van der Waals surface area contributed by atoms with Crippen LogP contribution < -0.4 is 5.32 Å². The minimum Gasteiger partial charge on any atom is -0.301 e. The van der Waals surface area contributed by atoms with Crippen molar-refractivity contribution in [2.24, 2.45) is 5.92 Å². The van der Waals surface area contributed by atoms with Crippen LogP contribution >= 0.6 is 0 Å². The summed E-state index contributed by atoms with van der Waals surface area (Å²) < 4.78 is 0. The highest BCUT2D eigenvalue weighted by Gasteiger charge is 2.28. The molecule has 0 aromatic rings. The number of nitrogens with zero attached hydrogens (tertiary/aromatic N) is 2. The number of nitrogens with one attached hydrogen (secondary N) is 1. The van der Waals surface area contributed by atoms with Gasteiger partial charge in [-0.15, -0.1) is 0 Å². The molecule has 0 aliphatic rings. The van der Waals surface area contributed by atoms with Gasteiger partial charge in [0.05, 0.1) is 6.07 Å². The lowest BCUT2D eigenvalue weighted by Crippen LogP contribution is -2.48. The van der Waals surface area contributed by atoms with E-state index in [-0.39, 0.29) is 0 Å². The van der Waals surface area contributed by atoms with Gasteiger partial charge in [0.25, 0.3) is 0 Å². The standard InChI is InChI=1S/C14H29N3/c1-8-16-14(6,10-15)9-12(4)17(7)13(5)11(2)3/h11-13,16H,8-9H2,1-7H3. The van der Waals surface area contributed by atoms with Crippen molar-refractivity contribution in [3.8, 4) is 6.07 Å². The van der Waals surface area contributed by atoms with Crippen molar-refractivity contribution in [2.45, 2.75) is 65.6 Å². The number of hydrogen-bond acceptors (Lipinski definition) is 3. The maximum atomic E-state index is 9.26. The summed E-state index contributed by atoms with van der Waals surface area (Å²) in [6.07, 6.45) is 0.852. The second-order valence-electron chi connectivity index (χ2n) is 5.68. The molecule has 0 aliphatic heterocycles. The zero-order valence-electron chi connectivity index (χ0n) is 12.5. The van der Waals surface area contributed by atoms with E-state index in [9.17, 15) is 5.26 Å². The molecule has 1 N–H and O–H groups in total. The molecule has 0 heterocycles. The molecule has 0 spiro atoms. The molecule has 0 amide bonds. The molecule has 100 valence electrons. The van der Waals surface area contributed by atoms with E-state index in [0.717, 1.165) is 13.0 Å². The highest BCUT2D eigenvalue weighted by molar-refractivity contribution is 5.05. The van der Waals surface area contributed by atoms with Crippen molar-refractivity contribution in [1.29, 1.82) is 5.26 Å². The fourth-order valence-corrected chi connectivity index (χ4v) is 2.15. The second-order valence-corrected chi connectivity index (χ2v) is 5.68. The Labute approximate surface area is 107 Å². The maximum absolute atomic E-state index is 9.26. The van der Waals surface area contributed by atoms with Gasteiger partial charge in [0.1, 0.15) is 5.54 Å². The van der Waals surface area contributed by atoms with Crippen LogP contribution in [0, 0.1) is 17.2 Å². The maximum Gasteiger partial charge on any atom is 0.105 e. The second kappa shape index (κ2) is 6.98. The third-order valence-corrected chi connectivity index (χ3v) is 3.82. The van der Waals surface area contributed by atoms with Crippen molar-refractivity contribution in [3.63, 3.8) is 0 Å². The molecule has 0 radical (unpaired) electrons. The van der Waals surface area contributed by atoms with Gasteiger partial charge in [0, 0.05) is 12.1 Å². The minimum atomic E-state index is -0.418. The molecule has 0 bridgehead atoms. The van der Waals surface area contributed by atoms with E-state index >= 15 is 0 Å². The molecule has 0 aliphatic carbocycles. The Kier molecular flexibility index (Phi) is 6.74. The van der Waals surface area contributed by atoms with Crippen molar-refractivity contribution in [2.75, 3.05) is 13.6 Å². The molecule has 0 saturated carbocycles. The highest BCUT2D eigenvalue weighted by atomic mass is 15.2. The van der Waals surface area contributed by atoms with E-state index in [0.29, 0.717) is 18.0 Å². The monoisotopic (exact) mass is 239 g/mol. The first kappa shape index (κ1) is 16.4. The highest BCUT2D eigenvalue weighted by Crippen LogP contribution is 2.19. The zero-order chi connectivity index (χ0) is 13.6. The van der Waals surface area contributed by atoms with Crippen molar-refractivity contribution < 1.29 is 0 Å². The first-order valence-electron chi connectivity index (χ1n) is 6.65. The van der Waals surface area contributed by atoms with Crippen LogP contribution in [0.5, 0.6) is 0 Å². The van der Waals surface area contributed by atoms with E-state index in [4.69, 9.17) is 0 Å². The third kappa shape index (κ3) is 5.06. The molecule has 17 heavy (non-hydrogen) atoms. The molecule has 0 rings (SSSR count). The summed E-state index contributed by atoms with van der Waals surface area (Å²) in [7, 11) is 2.15. The summed E-state index contributed by atoms with van der Waals surface area (Å²) >= 11 is 0. The smallest absolute Gasteiger partial charge is 0.105 e. The summed E-state index contributed by atoms with van der Waals surface area (Å²) in [5.41, 5.74) is -0.418. The molecule has 3 atom stereocenters. The molecule has 3 nitrogen and oxygen atoms in total. The Hall–Kier alpha value is -0.590. The quantitative estimate of drug-likeness (QED) is 0.742. The molecule has 0 aromatic carbocycles. The van der Waals surface area contributed by atoms with Gasteiger partial charge in [0.2, 0.25) is 0 Å². The van der Waals surface area contributed by atoms with Gasteiger partial charge in [0.15, 0.2) is 0 Å². The zero-order valence-corrected chi connectivity index (χ0v) is 12.5. The van der Waals surface area contributed by atoms with Gasteiger partial charge in [-0.1, -0.05) is 20.8 Å². The van der Waals surface area contributed by atoms with Crippen LogP contribution in [-0.4, -0.2) is 36.1 Å². The summed E-state index contributed by atoms with van der Waals surface area (Å²) in [4.78, 5) is 2.37. The van der Waals surface area contributed by atoms with E-state index in [1.165, 1.54) is 0 Å². The Morgan fingerprint density at radius 1 is 1.29 bits per heavy atom. The summed E-state index contributed by atoms with van der Waals surface area (Å²) in [6, 6.07) is 3.33. The van der Waals surface area contributed by atoms with Gasteiger partial charge >= 0.3 is 0 Å². The predicted molar refractivity (Wildman–Crippen MR) is 73.8 cm³/mol. The Morgan fingerprint density at radius 3 is 2.18 bits per heavy atom. The third-order valence-electron chi connectivity index (χ3n) is 3.82. The lowest BCUT2D eigenvalue weighted by Gasteiger charge is -2.36. The predicted octanol–water partition coefficient (Wildman–Crippen LogP) is 2.63. The van der Waals surface area contributed by atoms with Crippen LogP contribution in [0.15, 0.2) is 0 Å². The summed E-state index contributed by atoms with van der Waals surface area (Å²) in [5.74, 6) is 0.634. The van der Waals surface area contributed by atoms with Crippen LogP contribution in [-0.2, 0) is 0 Å². The van der Waals surface area contributed by atoms with E-state index in [2.05, 4.69) is 51.0 Å². The average Bonchev–Trinajstić information content (AvgIpc) is 2.27. The van der Waals surface area contributed by atoms with E-state index in [1.807, 2.05) is 13.8 Å². The fraction of sp³-hybridized carbons (Fsp3) is 0.929. The van der Waals surface area contributed by atoms with Gasteiger partial charge in [-0.25, -0.2) is 0 Å². The largest absolute Gasteiger partial charge is 0.301 e. The molecule has 0 fully saturated rings. The first-order chi connectivity index (χ1) is 7.77. The Bertz CT molecular complexity index is 257. The van der Waals surface area contributed by atoms with E-state index in [1.54, 1.807) is 0 Å². The molecule has 0 aromatic heterocycles. The molecular formula is C14H29N3. The van der Waals surface area contributed by atoms with Crippen LogP contribution in [0.1, 0.15) is 48.0 Å². The number of rotatable bonds is 7. The summed E-state index contributed by atoms with van der Waals surface area (Å²) in [5, 5.41) is 12.5. The number of hydrogen-bond donors (Lipinski definition) is 1. The van der Waals surface area contributed by atoms with Crippen LogP contribution in [0.25, 0.3) is 0 Å². The van der Waals surface area contributed by atoms with Gasteiger partial charge < -0.3 is 4.90 Å². The van der Waals surface area contributed by atoms with Crippen LogP contribution in [0.4, 0.5) is 0 Å². The minimum absolute atomic E-state index is 0.399. The fourth-order valence-electron chi connectivity index (χ4n) is 2.15. The van der Waals surface area contributed by atoms with Crippen molar-refractivity contribution in [1.82, 2.24) is 10.2 Å². The SMILES string of the molecule is CCNC(C)(C#N)CC(C)N(C)C(C)C(C)C. The van der Waals surface area contributed by atoms with Crippen LogP contribution in [0.2, 0.25) is 0 Å². The van der Waals surface area contributed by atoms with Gasteiger partial charge in [-0.05, 0) is 46.7 Å². The Balaban J connectivity index is 4.52. The molecule has 3 unspecified atom stereocenters. The van der Waals surface area contributed by atoms with Crippen molar-refractivity contribution >= 4 is 0 Å². The first-order valence-corrected chi connectivity index (χ1v) is 6.65.